The van der Waals surface area contributed by atoms with Gasteiger partial charge in [-0.1, -0.05) is 26.0 Å². The van der Waals surface area contributed by atoms with Crippen LogP contribution in [0.5, 0.6) is 0 Å². The maximum Gasteiger partial charge on any atom is 0.409 e. The van der Waals surface area contributed by atoms with E-state index in [1.165, 1.54) is 18.2 Å². The molecule has 0 N–H and O–H groups in total. The van der Waals surface area contributed by atoms with E-state index < -0.39 is 0 Å². The molecule has 1 heterocycles. The number of rotatable bonds is 4. The molecule has 0 bridgehead atoms. The van der Waals surface area contributed by atoms with Gasteiger partial charge in [-0.3, -0.25) is 4.79 Å². The molecule has 6 heteroatoms. The average molecular weight is 362 g/mol. The zero-order chi connectivity index (χ0) is 19.1. The Morgan fingerprint density at radius 3 is 2.58 bits per heavy atom. The molecule has 1 aromatic carbocycles. The van der Waals surface area contributed by atoms with Gasteiger partial charge in [-0.05, 0) is 42.5 Å². The molecule has 0 spiro atoms. The fraction of sp³-hybridized carbons (Fsp3) is 0.500. The fourth-order valence-corrected chi connectivity index (χ4v) is 2.74. The van der Waals surface area contributed by atoms with Crippen molar-refractivity contribution in [2.45, 2.75) is 27.2 Å². The minimum absolute atomic E-state index is 0.121. The van der Waals surface area contributed by atoms with Crippen LogP contribution < -0.4 is 0 Å². The summed E-state index contributed by atoms with van der Waals surface area (Å²) in [5.41, 5.74) is 1.40. The number of allylic oxidation sites excluding steroid dienone is 1. The zero-order valence-electron chi connectivity index (χ0n) is 15.7. The number of amides is 2. The average Bonchev–Trinajstić information content (AvgIpc) is 2.85. The van der Waals surface area contributed by atoms with Crippen molar-refractivity contribution in [3.8, 4) is 0 Å². The summed E-state index contributed by atoms with van der Waals surface area (Å²) in [5, 5.41) is 0. The summed E-state index contributed by atoms with van der Waals surface area (Å²) < 4.78 is 18.6. The summed E-state index contributed by atoms with van der Waals surface area (Å²) in [7, 11) is 0. The van der Waals surface area contributed by atoms with E-state index in [-0.39, 0.29) is 17.8 Å². The molecule has 1 aliphatic heterocycles. The van der Waals surface area contributed by atoms with Crippen molar-refractivity contribution < 1.29 is 18.7 Å². The topological polar surface area (TPSA) is 49.9 Å². The second kappa shape index (κ2) is 9.36. The largest absolute Gasteiger partial charge is 0.449 e. The number of carbonyl (C=O) groups is 2. The first-order chi connectivity index (χ1) is 12.4. The molecule has 1 aromatic rings. The predicted octanol–water partition coefficient (Wildman–Crippen LogP) is 3.56. The maximum absolute atomic E-state index is 13.3. The minimum atomic E-state index is -0.326. The van der Waals surface area contributed by atoms with Gasteiger partial charge in [0.2, 0.25) is 5.91 Å². The molecular weight excluding hydrogens is 335 g/mol. The fourth-order valence-electron chi connectivity index (χ4n) is 2.74. The van der Waals surface area contributed by atoms with Gasteiger partial charge in [-0.25, -0.2) is 9.18 Å². The van der Waals surface area contributed by atoms with Crippen LogP contribution in [0.25, 0.3) is 5.57 Å². The Hall–Kier alpha value is -2.37. The maximum atomic E-state index is 13.3. The van der Waals surface area contributed by atoms with Crippen molar-refractivity contribution in [2.75, 3.05) is 32.8 Å². The number of carbonyl (C=O) groups excluding carboxylic acids is 2. The van der Waals surface area contributed by atoms with Crippen LogP contribution in [0.4, 0.5) is 9.18 Å². The lowest BCUT2D eigenvalue weighted by Gasteiger charge is -2.21. The number of ether oxygens (including phenoxy) is 1. The van der Waals surface area contributed by atoms with Gasteiger partial charge >= 0.3 is 6.09 Å². The molecule has 0 aliphatic carbocycles. The Bertz CT molecular complexity index is 673. The van der Waals surface area contributed by atoms with Crippen LogP contribution in [-0.4, -0.2) is 54.6 Å². The lowest BCUT2D eigenvalue weighted by atomic mass is 10.1. The summed E-state index contributed by atoms with van der Waals surface area (Å²) in [6, 6.07) is 6.19. The Morgan fingerprint density at radius 1 is 1.19 bits per heavy atom. The Morgan fingerprint density at radius 2 is 1.88 bits per heavy atom. The first-order valence-corrected chi connectivity index (χ1v) is 9.01. The van der Waals surface area contributed by atoms with E-state index in [9.17, 15) is 14.0 Å². The summed E-state index contributed by atoms with van der Waals surface area (Å²) in [5.74, 6) is -0.155. The Balaban J connectivity index is 1.94. The molecule has 2 rings (SSSR count). The van der Waals surface area contributed by atoms with Crippen LogP contribution in [0, 0.1) is 11.7 Å². The Kier molecular flexibility index (Phi) is 7.18. The van der Waals surface area contributed by atoms with Crippen molar-refractivity contribution in [1.82, 2.24) is 9.80 Å². The van der Waals surface area contributed by atoms with Gasteiger partial charge in [-0.2, -0.15) is 0 Å². The number of hydrogen-bond acceptors (Lipinski definition) is 3. The normalized spacial score (nSPS) is 15.8. The quantitative estimate of drug-likeness (QED) is 0.770. The summed E-state index contributed by atoms with van der Waals surface area (Å²) in [6.07, 6.45) is 1.91. The number of benzene rings is 1. The van der Waals surface area contributed by atoms with Crippen LogP contribution in [0.15, 0.2) is 30.3 Å². The molecule has 1 aliphatic rings. The molecule has 1 saturated heterocycles. The van der Waals surface area contributed by atoms with E-state index in [1.807, 2.05) is 13.8 Å². The number of halogens is 1. The van der Waals surface area contributed by atoms with Crippen LogP contribution in [-0.2, 0) is 9.53 Å². The van der Waals surface area contributed by atoms with Crippen molar-refractivity contribution in [3.63, 3.8) is 0 Å². The molecule has 0 unspecified atom stereocenters. The highest BCUT2D eigenvalue weighted by atomic mass is 19.1. The van der Waals surface area contributed by atoms with Gasteiger partial charge in [0, 0.05) is 32.3 Å². The first kappa shape index (κ1) is 19.9. The van der Waals surface area contributed by atoms with Crippen molar-refractivity contribution in [3.05, 3.63) is 41.7 Å². The smallest absolute Gasteiger partial charge is 0.409 e. The third-order valence-corrected chi connectivity index (χ3v) is 4.23. The summed E-state index contributed by atoms with van der Waals surface area (Å²) >= 11 is 0. The van der Waals surface area contributed by atoms with Gasteiger partial charge < -0.3 is 14.5 Å². The monoisotopic (exact) mass is 362 g/mol. The van der Waals surface area contributed by atoms with Gasteiger partial charge in [0.25, 0.3) is 0 Å². The zero-order valence-corrected chi connectivity index (χ0v) is 15.7. The van der Waals surface area contributed by atoms with Gasteiger partial charge in [0.05, 0.1) is 6.61 Å². The predicted molar refractivity (Wildman–Crippen MR) is 99.0 cm³/mol. The van der Waals surface area contributed by atoms with E-state index in [0.29, 0.717) is 56.3 Å². The summed E-state index contributed by atoms with van der Waals surface area (Å²) in [6.45, 7) is 8.24. The molecule has 142 valence electrons. The molecule has 26 heavy (non-hydrogen) atoms. The molecular formula is C20H27FN2O3. The minimum Gasteiger partial charge on any atom is -0.449 e. The van der Waals surface area contributed by atoms with Crippen molar-refractivity contribution in [1.29, 1.82) is 0 Å². The Labute approximate surface area is 154 Å². The molecule has 5 nitrogen and oxygen atoms in total. The molecule has 0 aromatic heterocycles. The molecule has 0 radical (unpaired) electrons. The first-order valence-electron chi connectivity index (χ1n) is 9.01. The standard InChI is InChI=1S/C20H27FN2O3/c1-15(2)14-26-20(25)23-9-5-8-22(10-11-23)19(24)12-16(3)17-6-4-7-18(21)13-17/h4,6-7,12-13,15H,5,8-11,14H2,1-3H3/b16-12+. The summed E-state index contributed by atoms with van der Waals surface area (Å²) in [4.78, 5) is 28.0. The lowest BCUT2D eigenvalue weighted by molar-refractivity contribution is -0.125. The van der Waals surface area contributed by atoms with Gasteiger partial charge in [0.1, 0.15) is 5.82 Å². The highest BCUT2D eigenvalue weighted by Crippen LogP contribution is 2.16. The van der Waals surface area contributed by atoms with Crippen LogP contribution in [0.2, 0.25) is 0 Å². The van der Waals surface area contributed by atoms with Gasteiger partial charge in [-0.15, -0.1) is 0 Å². The second-order valence-electron chi connectivity index (χ2n) is 6.97. The van der Waals surface area contributed by atoms with Crippen LogP contribution in [0.1, 0.15) is 32.8 Å². The third kappa shape index (κ3) is 5.86. The molecule has 1 fully saturated rings. The lowest BCUT2D eigenvalue weighted by Crippen LogP contribution is -2.37. The highest BCUT2D eigenvalue weighted by Gasteiger charge is 2.22. The van der Waals surface area contributed by atoms with E-state index in [1.54, 1.807) is 28.9 Å². The van der Waals surface area contributed by atoms with Gasteiger partial charge in [0.15, 0.2) is 0 Å². The van der Waals surface area contributed by atoms with Crippen molar-refractivity contribution >= 4 is 17.6 Å². The molecule has 2 amide bonds. The third-order valence-electron chi connectivity index (χ3n) is 4.23. The van der Waals surface area contributed by atoms with E-state index in [2.05, 4.69) is 0 Å². The second-order valence-corrected chi connectivity index (χ2v) is 6.97. The molecule has 0 atom stereocenters. The SMILES string of the molecule is C/C(=C\C(=O)N1CCCN(C(=O)OCC(C)C)CC1)c1cccc(F)c1. The van der Waals surface area contributed by atoms with E-state index >= 15 is 0 Å². The van der Waals surface area contributed by atoms with Crippen LogP contribution >= 0.6 is 0 Å². The van der Waals surface area contributed by atoms with E-state index in [4.69, 9.17) is 4.74 Å². The van der Waals surface area contributed by atoms with Crippen molar-refractivity contribution in [2.24, 2.45) is 5.92 Å². The molecule has 0 saturated carbocycles. The highest BCUT2D eigenvalue weighted by molar-refractivity contribution is 5.94. The van der Waals surface area contributed by atoms with Crippen LogP contribution in [0.3, 0.4) is 0 Å². The number of nitrogens with zero attached hydrogens (tertiary/aromatic N) is 2. The number of hydrogen-bond donors (Lipinski definition) is 0. The van der Waals surface area contributed by atoms with E-state index in [0.717, 1.165) is 0 Å².